The minimum absolute atomic E-state index is 0.0347. The molecule has 1 rings (SSSR count). The first-order valence-electron chi connectivity index (χ1n) is 4.06. The summed E-state index contributed by atoms with van der Waals surface area (Å²) in [7, 11) is 0. The standard InChI is InChI=1S/C7H13NO4S2/c9-4-12-1-6(7(10)11)8-2-13-5-14-3-8/h6,9H,1-5H2,(H,10,11). The van der Waals surface area contributed by atoms with E-state index in [0.29, 0.717) is 11.8 Å². The third-order valence-electron chi connectivity index (χ3n) is 1.77. The molecule has 0 radical (unpaired) electrons. The van der Waals surface area contributed by atoms with Crippen LogP contribution in [0.25, 0.3) is 0 Å². The number of aliphatic carboxylic acids is 1. The number of carboxylic acid groups (broad SMARTS) is 1. The van der Waals surface area contributed by atoms with Crippen molar-refractivity contribution in [2.45, 2.75) is 6.04 Å². The molecule has 0 aliphatic carbocycles. The molecule has 1 heterocycles. The average molecular weight is 239 g/mol. The molecule has 1 aliphatic rings. The monoisotopic (exact) mass is 239 g/mol. The molecule has 1 atom stereocenters. The highest BCUT2D eigenvalue weighted by atomic mass is 32.2. The van der Waals surface area contributed by atoms with Crippen LogP contribution >= 0.6 is 23.5 Å². The van der Waals surface area contributed by atoms with E-state index >= 15 is 0 Å². The summed E-state index contributed by atoms with van der Waals surface area (Å²) in [5.41, 5.74) is 0. The summed E-state index contributed by atoms with van der Waals surface area (Å²) < 4.78 is 4.72. The summed E-state index contributed by atoms with van der Waals surface area (Å²) in [6.07, 6.45) is 0. The Morgan fingerprint density at radius 1 is 1.50 bits per heavy atom. The van der Waals surface area contributed by atoms with Gasteiger partial charge in [0.1, 0.15) is 12.8 Å². The van der Waals surface area contributed by atoms with Crippen LogP contribution in [0, 0.1) is 0 Å². The van der Waals surface area contributed by atoms with Gasteiger partial charge in [0, 0.05) is 16.8 Å². The van der Waals surface area contributed by atoms with Gasteiger partial charge >= 0.3 is 5.97 Å². The third-order valence-corrected chi connectivity index (χ3v) is 4.14. The minimum atomic E-state index is -0.901. The Labute approximate surface area is 90.8 Å². The van der Waals surface area contributed by atoms with Crippen LogP contribution in [0.1, 0.15) is 0 Å². The van der Waals surface area contributed by atoms with Gasteiger partial charge in [-0.25, -0.2) is 0 Å². The van der Waals surface area contributed by atoms with E-state index in [1.165, 1.54) is 0 Å². The van der Waals surface area contributed by atoms with E-state index in [-0.39, 0.29) is 6.61 Å². The number of ether oxygens (including phenoxy) is 1. The highest BCUT2D eigenvalue weighted by molar-refractivity contribution is 8.16. The lowest BCUT2D eigenvalue weighted by Crippen LogP contribution is -2.45. The van der Waals surface area contributed by atoms with Gasteiger partial charge in [-0.15, -0.1) is 23.5 Å². The Morgan fingerprint density at radius 2 is 2.14 bits per heavy atom. The number of rotatable bonds is 5. The van der Waals surface area contributed by atoms with Crippen LogP contribution in [-0.2, 0) is 9.53 Å². The molecule has 1 fully saturated rings. The van der Waals surface area contributed by atoms with Crippen molar-refractivity contribution in [2.24, 2.45) is 0 Å². The van der Waals surface area contributed by atoms with Gasteiger partial charge in [0.25, 0.3) is 0 Å². The molecule has 0 bridgehead atoms. The van der Waals surface area contributed by atoms with Gasteiger partial charge in [-0.05, 0) is 0 Å². The van der Waals surface area contributed by atoms with Crippen molar-refractivity contribution in [2.75, 3.05) is 30.2 Å². The molecule has 1 saturated heterocycles. The molecule has 0 spiro atoms. The fraction of sp³-hybridized carbons (Fsp3) is 0.857. The maximum absolute atomic E-state index is 10.9. The molecule has 14 heavy (non-hydrogen) atoms. The van der Waals surface area contributed by atoms with E-state index < -0.39 is 18.8 Å². The van der Waals surface area contributed by atoms with Gasteiger partial charge in [-0.1, -0.05) is 0 Å². The van der Waals surface area contributed by atoms with E-state index in [1.54, 1.807) is 23.5 Å². The number of carbonyl (C=O) groups is 1. The fourth-order valence-electron chi connectivity index (χ4n) is 1.08. The summed E-state index contributed by atoms with van der Waals surface area (Å²) in [5.74, 6) is 0.513. The first kappa shape index (κ1) is 12.1. The lowest BCUT2D eigenvalue weighted by Gasteiger charge is -2.30. The zero-order valence-corrected chi connectivity index (χ0v) is 9.22. The van der Waals surface area contributed by atoms with E-state index in [2.05, 4.69) is 0 Å². The van der Waals surface area contributed by atoms with Gasteiger partial charge in [0.15, 0.2) is 0 Å². The van der Waals surface area contributed by atoms with Crippen LogP contribution in [-0.4, -0.2) is 57.4 Å². The second kappa shape index (κ2) is 6.52. The average Bonchev–Trinajstić information content (AvgIpc) is 2.19. The molecule has 0 aromatic heterocycles. The van der Waals surface area contributed by atoms with Crippen LogP contribution in [0.15, 0.2) is 0 Å². The Bertz CT molecular complexity index is 187. The van der Waals surface area contributed by atoms with Gasteiger partial charge in [0.05, 0.1) is 6.61 Å². The number of hydrogen-bond donors (Lipinski definition) is 2. The number of thioether (sulfide) groups is 2. The van der Waals surface area contributed by atoms with Crippen molar-refractivity contribution in [1.82, 2.24) is 4.90 Å². The molecule has 0 aromatic rings. The van der Waals surface area contributed by atoms with Crippen molar-refractivity contribution in [3.05, 3.63) is 0 Å². The van der Waals surface area contributed by atoms with Gasteiger partial charge in [0.2, 0.25) is 0 Å². The molecule has 5 nitrogen and oxygen atoms in total. The van der Waals surface area contributed by atoms with Crippen molar-refractivity contribution in [3.8, 4) is 0 Å². The van der Waals surface area contributed by atoms with Crippen molar-refractivity contribution in [3.63, 3.8) is 0 Å². The Hall–Kier alpha value is 0.0500. The smallest absolute Gasteiger partial charge is 0.323 e. The SMILES string of the molecule is O=C(O)C(COCO)N1CSCSC1. The van der Waals surface area contributed by atoms with Crippen molar-refractivity contribution >= 4 is 29.5 Å². The molecule has 7 heteroatoms. The molecule has 0 amide bonds. The predicted molar refractivity (Wildman–Crippen MR) is 56.1 cm³/mol. The first-order chi connectivity index (χ1) is 6.75. The molecule has 0 saturated carbocycles. The predicted octanol–water partition coefficient (Wildman–Crippen LogP) is 0.0605. The first-order valence-corrected chi connectivity index (χ1v) is 6.37. The number of aliphatic hydroxyl groups excluding tert-OH is 1. The molecule has 0 aromatic carbocycles. The van der Waals surface area contributed by atoms with Gasteiger partial charge in [-0.2, -0.15) is 0 Å². The quantitative estimate of drug-likeness (QED) is 0.657. The van der Waals surface area contributed by atoms with Crippen LogP contribution in [0.5, 0.6) is 0 Å². The zero-order chi connectivity index (χ0) is 10.4. The van der Waals surface area contributed by atoms with Crippen molar-refractivity contribution < 1.29 is 19.7 Å². The third kappa shape index (κ3) is 3.66. The maximum Gasteiger partial charge on any atom is 0.323 e. The Balaban J connectivity index is 2.43. The Kier molecular flexibility index (Phi) is 5.64. The van der Waals surface area contributed by atoms with Crippen LogP contribution in [0.2, 0.25) is 0 Å². The van der Waals surface area contributed by atoms with Crippen LogP contribution in [0.4, 0.5) is 0 Å². The molecule has 1 unspecified atom stereocenters. The summed E-state index contributed by atoms with van der Waals surface area (Å²) in [5, 5.41) is 18.4. The molecular formula is C7H13NO4S2. The second-order valence-corrected chi connectivity index (χ2v) is 5.00. The highest BCUT2D eigenvalue weighted by Gasteiger charge is 2.27. The fourth-order valence-corrected chi connectivity index (χ4v) is 3.28. The maximum atomic E-state index is 10.9. The zero-order valence-electron chi connectivity index (χ0n) is 7.59. The lowest BCUT2D eigenvalue weighted by molar-refractivity contribution is -0.146. The van der Waals surface area contributed by atoms with E-state index in [1.807, 2.05) is 4.90 Å². The lowest BCUT2D eigenvalue weighted by atomic mass is 10.3. The molecule has 2 N–H and O–H groups in total. The number of aliphatic hydroxyl groups is 1. The topological polar surface area (TPSA) is 70.0 Å². The summed E-state index contributed by atoms with van der Waals surface area (Å²) in [6.45, 7) is -0.398. The number of carboxylic acids is 1. The van der Waals surface area contributed by atoms with Crippen LogP contribution in [0.3, 0.4) is 0 Å². The Morgan fingerprint density at radius 3 is 2.64 bits per heavy atom. The highest BCUT2D eigenvalue weighted by Crippen LogP contribution is 2.23. The summed E-state index contributed by atoms with van der Waals surface area (Å²) in [6, 6.07) is -0.651. The van der Waals surface area contributed by atoms with Gasteiger partial charge < -0.3 is 14.9 Å². The van der Waals surface area contributed by atoms with E-state index in [4.69, 9.17) is 14.9 Å². The number of nitrogens with zero attached hydrogens (tertiary/aromatic N) is 1. The molecule has 1 aliphatic heterocycles. The normalized spacial score (nSPS) is 20.6. The molecular weight excluding hydrogens is 226 g/mol. The molecule has 82 valence electrons. The summed E-state index contributed by atoms with van der Waals surface area (Å²) >= 11 is 3.38. The minimum Gasteiger partial charge on any atom is -0.480 e. The van der Waals surface area contributed by atoms with E-state index in [9.17, 15) is 4.79 Å². The number of hydrogen-bond acceptors (Lipinski definition) is 6. The van der Waals surface area contributed by atoms with Crippen LogP contribution < -0.4 is 0 Å². The largest absolute Gasteiger partial charge is 0.480 e. The van der Waals surface area contributed by atoms with Crippen molar-refractivity contribution in [1.29, 1.82) is 0 Å². The van der Waals surface area contributed by atoms with E-state index in [0.717, 1.165) is 5.08 Å². The second-order valence-electron chi connectivity index (χ2n) is 2.73. The summed E-state index contributed by atoms with van der Waals surface area (Å²) in [4.78, 5) is 12.7. The van der Waals surface area contributed by atoms with Gasteiger partial charge in [-0.3, -0.25) is 9.69 Å².